The standard InChI is InChI=1S/C26H31N3O6S/c1-15-11-13-36-20(15)19(22(30)31)28-17-8-9-18-16(14-17)10-12-27-21(18)29(23(32)34-25(2,3)4)24(33)35-26(5,6)7/h8-14,19,28H,1-7H3,(H,30,31). The predicted octanol–water partition coefficient (Wildman–Crippen LogP) is 6.52. The van der Waals surface area contributed by atoms with Crippen molar-refractivity contribution in [1.82, 2.24) is 4.98 Å². The van der Waals surface area contributed by atoms with Crippen LogP contribution in [0.25, 0.3) is 10.8 Å². The minimum atomic E-state index is -1.00. The lowest BCUT2D eigenvalue weighted by molar-refractivity contribution is -0.138. The molecule has 2 amide bonds. The average molecular weight is 514 g/mol. The Balaban J connectivity index is 2.03. The third-order valence-corrected chi connectivity index (χ3v) is 5.91. The van der Waals surface area contributed by atoms with Gasteiger partial charge in [-0.2, -0.15) is 4.90 Å². The summed E-state index contributed by atoms with van der Waals surface area (Å²) in [4.78, 5) is 43.9. The zero-order chi connectivity index (χ0) is 26.8. The Morgan fingerprint density at radius 3 is 2.11 bits per heavy atom. The number of hydrogen-bond donors (Lipinski definition) is 2. The Hall–Kier alpha value is -3.66. The summed E-state index contributed by atoms with van der Waals surface area (Å²) in [6.07, 6.45) is -0.377. The summed E-state index contributed by atoms with van der Waals surface area (Å²) < 4.78 is 10.9. The van der Waals surface area contributed by atoms with E-state index < -0.39 is 35.4 Å². The van der Waals surface area contributed by atoms with Crippen molar-refractivity contribution in [2.75, 3.05) is 10.2 Å². The highest BCUT2D eigenvalue weighted by Gasteiger charge is 2.34. The number of pyridine rings is 1. The zero-order valence-electron chi connectivity index (χ0n) is 21.4. The molecular formula is C26H31N3O6S. The number of carbonyl (C=O) groups is 3. The van der Waals surface area contributed by atoms with Crippen molar-refractivity contribution in [1.29, 1.82) is 0 Å². The Morgan fingerprint density at radius 1 is 1.00 bits per heavy atom. The maximum Gasteiger partial charge on any atom is 0.425 e. The Morgan fingerprint density at radius 2 is 1.61 bits per heavy atom. The highest BCUT2D eigenvalue weighted by molar-refractivity contribution is 7.10. The largest absolute Gasteiger partial charge is 0.479 e. The molecule has 0 spiro atoms. The number of carboxylic acid groups (broad SMARTS) is 1. The summed E-state index contributed by atoms with van der Waals surface area (Å²) in [6, 6.07) is 7.73. The molecule has 0 bridgehead atoms. The first-order valence-electron chi connectivity index (χ1n) is 11.3. The normalized spacial score (nSPS) is 12.6. The van der Waals surface area contributed by atoms with E-state index >= 15 is 0 Å². The summed E-state index contributed by atoms with van der Waals surface area (Å²) in [6.45, 7) is 12.0. The molecule has 0 saturated heterocycles. The molecule has 3 rings (SSSR count). The van der Waals surface area contributed by atoms with Gasteiger partial charge in [0.25, 0.3) is 0 Å². The van der Waals surface area contributed by atoms with E-state index in [1.54, 1.807) is 65.8 Å². The second kappa shape index (κ2) is 10.1. The molecule has 2 aromatic heterocycles. The second-order valence-corrected chi connectivity index (χ2v) is 11.2. The van der Waals surface area contributed by atoms with Gasteiger partial charge < -0.3 is 19.9 Å². The summed E-state index contributed by atoms with van der Waals surface area (Å²) in [5, 5.41) is 15.8. The fourth-order valence-corrected chi connectivity index (χ4v) is 4.35. The maximum absolute atomic E-state index is 13.1. The van der Waals surface area contributed by atoms with E-state index in [9.17, 15) is 19.5 Å². The smallest absolute Gasteiger partial charge is 0.425 e. The van der Waals surface area contributed by atoms with Crippen LogP contribution in [0.4, 0.5) is 21.1 Å². The van der Waals surface area contributed by atoms with Crippen LogP contribution in [-0.2, 0) is 14.3 Å². The van der Waals surface area contributed by atoms with E-state index in [-0.39, 0.29) is 5.82 Å². The number of rotatable bonds is 5. The number of imide groups is 1. The summed E-state index contributed by atoms with van der Waals surface area (Å²) in [5.41, 5.74) is -0.270. The zero-order valence-corrected chi connectivity index (χ0v) is 22.2. The molecular weight excluding hydrogens is 482 g/mol. The number of aryl methyl sites for hydroxylation is 1. The Bertz CT molecular complexity index is 1260. The first-order chi connectivity index (χ1) is 16.7. The number of hydrogen-bond acceptors (Lipinski definition) is 8. The molecule has 10 heteroatoms. The van der Waals surface area contributed by atoms with Crippen molar-refractivity contribution >= 4 is 51.8 Å². The number of benzene rings is 1. The first-order valence-corrected chi connectivity index (χ1v) is 12.2. The number of anilines is 2. The van der Waals surface area contributed by atoms with E-state index in [4.69, 9.17) is 9.47 Å². The van der Waals surface area contributed by atoms with Gasteiger partial charge in [0.05, 0.1) is 0 Å². The number of aromatic nitrogens is 1. The molecule has 2 N–H and O–H groups in total. The molecule has 1 aromatic carbocycles. The van der Waals surface area contributed by atoms with Gasteiger partial charge in [-0.15, -0.1) is 11.3 Å². The van der Waals surface area contributed by atoms with Crippen molar-refractivity contribution in [2.24, 2.45) is 0 Å². The first kappa shape index (κ1) is 26.9. The lowest BCUT2D eigenvalue weighted by Crippen LogP contribution is -2.44. The minimum Gasteiger partial charge on any atom is -0.479 e. The maximum atomic E-state index is 13.1. The molecule has 0 saturated carbocycles. The second-order valence-electron chi connectivity index (χ2n) is 10.3. The van der Waals surface area contributed by atoms with E-state index in [0.29, 0.717) is 21.3 Å². The van der Waals surface area contributed by atoms with Crippen LogP contribution in [0, 0.1) is 6.92 Å². The molecule has 0 aliphatic carbocycles. The number of fused-ring (bicyclic) bond motifs is 1. The number of nitrogens with one attached hydrogen (secondary N) is 1. The fourth-order valence-electron chi connectivity index (χ4n) is 3.38. The lowest BCUT2D eigenvalue weighted by Gasteiger charge is -2.28. The molecule has 0 fully saturated rings. The van der Waals surface area contributed by atoms with Gasteiger partial charge in [-0.3, -0.25) is 0 Å². The topological polar surface area (TPSA) is 118 Å². The molecule has 0 aliphatic heterocycles. The van der Waals surface area contributed by atoms with Crippen LogP contribution >= 0.6 is 11.3 Å². The molecule has 192 valence electrons. The summed E-state index contributed by atoms with van der Waals surface area (Å²) in [5.74, 6) is -0.955. The van der Waals surface area contributed by atoms with E-state index in [1.165, 1.54) is 17.5 Å². The number of carbonyl (C=O) groups excluding carboxylic acids is 2. The van der Waals surface area contributed by atoms with E-state index in [1.807, 2.05) is 18.4 Å². The quantitative estimate of drug-likeness (QED) is 0.396. The number of thiophene rings is 1. The molecule has 9 nitrogen and oxygen atoms in total. The number of amides is 2. The van der Waals surface area contributed by atoms with Gasteiger partial charge in [-0.05, 0) is 95.1 Å². The van der Waals surface area contributed by atoms with Gasteiger partial charge in [0.1, 0.15) is 11.2 Å². The Labute approximate surface area is 214 Å². The molecule has 36 heavy (non-hydrogen) atoms. The van der Waals surface area contributed by atoms with Gasteiger partial charge in [0.2, 0.25) is 0 Å². The third kappa shape index (κ3) is 6.51. The molecule has 1 unspecified atom stereocenters. The van der Waals surface area contributed by atoms with Crippen molar-refractivity contribution in [3.8, 4) is 0 Å². The van der Waals surface area contributed by atoms with Crippen LogP contribution in [0.15, 0.2) is 41.9 Å². The lowest BCUT2D eigenvalue weighted by atomic mass is 10.1. The predicted molar refractivity (Wildman–Crippen MR) is 140 cm³/mol. The van der Waals surface area contributed by atoms with Crippen LogP contribution in [0.1, 0.15) is 58.0 Å². The highest BCUT2D eigenvalue weighted by Crippen LogP contribution is 2.32. The number of aliphatic carboxylic acids is 1. The van der Waals surface area contributed by atoms with Crippen LogP contribution in [-0.4, -0.2) is 39.4 Å². The van der Waals surface area contributed by atoms with Crippen LogP contribution < -0.4 is 10.2 Å². The van der Waals surface area contributed by atoms with Crippen LogP contribution in [0.5, 0.6) is 0 Å². The van der Waals surface area contributed by atoms with E-state index in [0.717, 1.165) is 10.5 Å². The average Bonchev–Trinajstić information content (AvgIpc) is 3.14. The van der Waals surface area contributed by atoms with Crippen LogP contribution in [0.3, 0.4) is 0 Å². The molecule has 0 radical (unpaired) electrons. The van der Waals surface area contributed by atoms with Crippen molar-refractivity contribution < 1.29 is 29.0 Å². The van der Waals surface area contributed by atoms with Gasteiger partial charge >= 0.3 is 18.2 Å². The Kier molecular flexibility index (Phi) is 7.59. The number of ether oxygens (including phenoxy) is 2. The fraction of sp³-hybridized carbons (Fsp3) is 0.385. The number of nitrogens with zero attached hydrogens (tertiary/aromatic N) is 2. The van der Waals surface area contributed by atoms with Gasteiger partial charge in [0.15, 0.2) is 11.9 Å². The summed E-state index contributed by atoms with van der Waals surface area (Å²) in [7, 11) is 0. The van der Waals surface area contributed by atoms with Gasteiger partial charge in [-0.25, -0.2) is 19.4 Å². The minimum absolute atomic E-state index is 0.0476. The van der Waals surface area contributed by atoms with E-state index in [2.05, 4.69) is 10.3 Å². The van der Waals surface area contributed by atoms with Crippen molar-refractivity contribution in [3.05, 3.63) is 52.3 Å². The van der Waals surface area contributed by atoms with Crippen LogP contribution in [0.2, 0.25) is 0 Å². The monoisotopic (exact) mass is 513 g/mol. The summed E-state index contributed by atoms with van der Waals surface area (Å²) >= 11 is 1.37. The highest BCUT2D eigenvalue weighted by atomic mass is 32.1. The molecule has 0 aliphatic rings. The SMILES string of the molecule is Cc1ccsc1C(Nc1ccc2c(N(C(=O)OC(C)(C)C)C(=O)OC(C)(C)C)nccc2c1)C(=O)O. The molecule has 1 atom stereocenters. The number of carboxylic acids is 1. The molecule has 2 heterocycles. The molecule has 3 aromatic rings. The van der Waals surface area contributed by atoms with Crippen molar-refractivity contribution in [2.45, 2.75) is 65.7 Å². The van der Waals surface area contributed by atoms with Gasteiger partial charge in [-0.1, -0.05) is 0 Å². The van der Waals surface area contributed by atoms with Crippen molar-refractivity contribution in [3.63, 3.8) is 0 Å². The third-order valence-electron chi connectivity index (χ3n) is 4.83. The van der Waals surface area contributed by atoms with Gasteiger partial charge in [0, 0.05) is 22.1 Å².